The minimum Gasteiger partial charge on any atom is -0.387 e. The van der Waals surface area contributed by atoms with Crippen molar-refractivity contribution >= 4 is 10.9 Å². The van der Waals surface area contributed by atoms with E-state index in [9.17, 15) is 9.50 Å². The van der Waals surface area contributed by atoms with Gasteiger partial charge in [-0.3, -0.25) is 0 Å². The quantitative estimate of drug-likeness (QED) is 0.704. The van der Waals surface area contributed by atoms with Crippen LogP contribution in [-0.2, 0) is 7.05 Å². The van der Waals surface area contributed by atoms with E-state index >= 15 is 0 Å². The predicted molar refractivity (Wildman–Crippen MR) is 92.8 cm³/mol. The molecule has 3 aromatic rings. The smallest absolute Gasteiger partial charge is 0.125 e. The highest BCUT2D eigenvalue weighted by atomic mass is 19.1. The molecular formula is C21H18FNO. The Kier molecular flexibility index (Phi) is 3.44. The van der Waals surface area contributed by atoms with Gasteiger partial charge in [-0.1, -0.05) is 30.0 Å². The summed E-state index contributed by atoms with van der Waals surface area (Å²) in [6.45, 7) is 0. The Bertz CT molecular complexity index is 958. The van der Waals surface area contributed by atoms with Crippen LogP contribution in [0.3, 0.4) is 0 Å². The summed E-state index contributed by atoms with van der Waals surface area (Å²) in [6.07, 6.45) is 2.99. The lowest BCUT2D eigenvalue weighted by molar-refractivity contribution is 0.125. The molecule has 0 bridgehead atoms. The van der Waals surface area contributed by atoms with Crippen molar-refractivity contribution in [3.05, 3.63) is 71.7 Å². The molecule has 1 atom stereocenters. The molecule has 2 aromatic carbocycles. The molecule has 0 saturated heterocycles. The number of aryl methyl sites for hydroxylation is 1. The number of nitrogens with zero attached hydrogens (tertiary/aromatic N) is 1. The Morgan fingerprint density at radius 1 is 1.17 bits per heavy atom. The van der Waals surface area contributed by atoms with Crippen molar-refractivity contribution in [1.82, 2.24) is 4.57 Å². The average molecular weight is 319 g/mol. The molecule has 0 amide bonds. The normalized spacial score (nSPS) is 16.5. The third-order valence-electron chi connectivity index (χ3n) is 4.82. The van der Waals surface area contributed by atoms with E-state index in [2.05, 4.69) is 11.8 Å². The number of aliphatic hydroxyl groups excluding tert-OH is 1. The molecule has 4 rings (SSSR count). The van der Waals surface area contributed by atoms with Gasteiger partial charge in [0.15, 0.2) is 0 Å². The molecule has 0 aliphatic heterocycles. The SMILES string of the molecule is Cn1cc(C(O)C2(C#Cc3ccccc3)CC2)c2ccc(F)cc21. The first-order valence-corrected chi connectivity index (χ1v) is 8.10. The number of fused-ring (bicyclic) bond motifs is 1. The number of aliphatic hydroxyl groups is 1. The minimum atomic E-state index is -0.664. The predicted octanol–water partition coefficient (Wildman–Crippen LogP) is 4.18. The molecule has 0 radical (unpaired) electrons. The van der Waals surface area contributed by atoms with Gasteiger partial charge in [-0.25, -0.2) is 4.39 Å². The second-order valence-electron chi connectivity index (χ2n) is 6.53. The van der Waals surface area contributed by atoms with Crippen molar-refractivity contribution in [3.8, 4) is 11.8 Å². The molecule has 24 heavy (non-hydrogen) atoms. The summed E-state index contributed by atoms with van der Waals surface area (Å²) in [6, 6.07) is 14.5. The largest absolute Gasteiger partial charge is 0.387 e. The van der Waals surface area contributed by atoms with E-state index in [1.807, 2.05) is 48.1 Å². The highest BCUT2D eigenvalue weighted by molar-refractivity contribution is 5.84. The fraction of sp³-hybridized carbons (Fsp3) is 0.238. The molecular weight excluding hydrogens is 301 g/mol. The maximum atomic E-state index is 13.5. The summed E-state index contributed by atoms with van der Waals surface area (Å²) >= 11 is 0. The van der Waals surface area contributed by atoms with Crippen LogP contribution in [0.5, 0.6) is 0 Å². The Labute approximate surface area is 140 Å². The topological polar surface area (TPSA) is 25.2 Å². The summed E-state index contributed by atoms with van der Waals surface area (Å²) < 4.78 is 15.3. The minimum absolute atomic E-state index is 0.269. The second kappa shape index (κ2) is 5.51. The molecule has 1 aliphatic rings. The van der Waals surface area contributed by atoms with Gasteiger partial charge in [0.1, 0.15) is 5.82 Å². The Morgan fingerprint density at radius 2 is 1.92 bits per heavy atom. The lowest BCUT2D eigenvalue weighted by atomic mass is 9.92. The lowest BCUT2D eigenvalue weighted by Crippen LogP contribution is -2.11. The van der Waals surface area contributed by atoms with Gasteiger partial charge in [0.05, 0.1) is 17.0 Å². The van der Waals surface area contributed by atoms with Gasteiger partial charge in [-0.2, -0.15) is 0 Å². The molecule has 3 heteroatoms. The number of hydrogen-bond donors (Lipinski definition) is 1. The number of benzene rings is 2. The van der Waals surface area contributed by atoms with E-state index in [-0.39, 0.29) is 5.82 Å². The van der Waals surface area contributed by atoms with E-state index in [4.69, 9.17) is 0 Å². The van der Waals surface area contributed by atoms with Gasteiger partial charge in [-0.15, -0.1) is 0 Å². The van der Waals surface area contributed by atoms with Gasteiger partial charge in [0, 0.05) is 29.8 Å². The Hall–Kier alpha value is -2.57. The fourth-order valence-electron chi connectivity index (χ4n) is 3.22. The van der Waals surface area contributed by atoms with Gasteiger partial charge >= 0.3 is 0 Å². The van der Waals surface area contributed by atoms with Gasteiger partial charge in [-0.05, 0) is 43.2 Å². The van der Waals surface area contributed by atoms with Crippen LogP contribution in [0, 0.1) is 23.1 Å². The number of rotatable bonds is 2. The molecule has 1 fully saturated rings. The van der Waals surface area contributed by atoms with Crippen LogP contribution in [0.4, 0.5) is 4.39 Å². The molecule has 0 spiro atoms. The Balaban J connectivity index is 1.72. The van der Waals surface area contributed by atoms with Crippen LogP contribution in [0.15, 0.2) is 54.7 Å². The molecule has 1 aromatic heterocycles. The van der Waals surface area contributed by atoms with E-state index in [0.717, 1.165) is 34.9 Å². The van der Waals surface area contributed by atoms with E-state index in [1.165, 1.54) is 12.1 Å². The third-order valence-corrected chi connectivity index (χ3v) is 4.82. The van der Waals surface area contributed by atoms with Crippen molar-refractivity contribution in [2.24, 2.45) is 12.5 Å². The zero-order valence-corrected chi connectivity index (χ0v) is 13.5. The van der Waals surface area contributed by atoms with Gasteiger partial charge in [0.25, 0.3) is 0 Å². The number of aromatic nitrogens is 1. The summed E-state index contributed by atoms with van der Waals surface area (Å²) in [5, 5.41) is 11.8. The van der Waals surface area contributed by atoms with E-state index in [1.54, 1.807) is 6.07 Å². The average Bonchev–Trinajstić information content (AvgIpc) is 3.33. The summed E-state index contributed by atoms with van der Waals surface area (Å²) in [4.78, 5) is 0. The standard InChI is InChI=1S/C21H18FNO/c1-23-14-18(17-8-7-16(22)13-19(17)23)20(24)21(11-12-21)10-9-15-5-3-2-4-6-15/h2-8,13-14,20,24H,11-12H2,1H3. The van der Waals surface area contributed by atoms with Crippen molar-refractivity contribution < 1.29 is 9.50 Å². The van der Waals surface area contributed by atoms with E-state index in [0.29, 0.717) is 0 Å². The zero-order valence-electron chi connectivity index (χ0n) is 13.5. The monoisotopic (exact) mass is 319 g/mol. The summed E-state index contributed by atoms with van der Waals surface area (Å²) in [5.41, 5.74) is 2.18. The maximum Gasteiger partial charge on any atom is 0.125 e. The first kappa shape index (κ1) is 15.0. The fourth-order valence-corrected chi connectivity index (χ4v) is 3.22. The van der Waals surface area contributed by atoms with Gasteiger partial charge in [0.2, 0.25) is 0 Å². The first-order chi connectivity index (χ1) is 11.6. The van der Waals surface area contributed by atoms with Crippen LogP contribution in [0.2, 0.25) is 0 Å². The zero-order chi connectivity index (χ0) is 16.7. The van der Waals surface area contributed by atoms with Crippen molar-refractivity contribution in [2.75, 3.05) is 0 Å². The van der Waals surface area contributed by atoms with Crippen LogP contribution >= 0.6 is 0 Å². The van der Waals surface area contributed by atoms with Crippen molar-refractivity contribution in [3.63, 3.8) is 0 Å². The summed E-state index contributed by atoms with van der Waals surface area (Å²) in [7, 11) is 1.87. The molecule has 2 nitrogen and oxygen atoms in total. The third kappa shape index (κ3) is 2.50. The summed E-state index contributed by atoms with van der Waals surface area (Å²) in [5.74, 6) is 6.20. The van der Waals surface area contributed by atoms with Crippen molar-refractivity contribution in [2.45, 2.75) is 18.9 Å². The maximum absolute atomic E-state index is 13.5. The first-order valence-electron chi connectivity index (χ1n) is 8.10. The lowest BCUT2D eigenvalue weighted by Gasteiger charge is -2.16. The molecule has 1 aliphatic carbocycles. The molecule has 1 heterocycles. The van der Waals surface area contributed by atoms with Crippen LogP contribution in [0.1, 0.15) is 30.1 Å². The van der Waals surface area contributed by atoms with E-state index < -0.39 is 11.5 Å². The van der Waals surface area contributed by atoms with Crippen molar-refractivity contribution in [1.29, 1.82) is 0 Å². The van der Waals surface area contributed by atoms with Crippen LogP contribution in [0.25, 0.3) is 10.9 Å². The molecule has 1 unspecified atom stereocenters. The second-order valence-corrected chi connectivity index (χ2v) is 6.53. The molecule has 1 saturated carbocycles. The highest BCUT2D eigenvalue weighted by Crippen LogP contribution is 2.55. The number of hydrogen-bond acceptors (Lipinski definition) is 1. The number of halogens is 1. The van der Waals surface area contributed by atoms with Crippen LogP contribution < -0.4 is 0 Å². The molecule has 120 valence electrons. The Morgan fingerprint density at radius 3 is 2.62 bits per heavy atom. The highest BCUT2D eigenvalue weighted by Gasteiger charge is 2.49. The van der Waals surface area contributed by atoms with Crippen LogP contribution in [-0.4, -0.2) is 9.67 Å². The van der Waals surface area contributed by atoms with Gasteiger partial charge < -0.3 is 9.67 Å². The molecule has 1 N–H and O–H groups in total.